The summed E-state index contributed by atoms with van der Waals surface area (Å²) in [5.74, 6) is 0.686. The van der Waals surface area contributed by atoms with E-state index in [-0.39, 0.29) is 5.69 Å². The molecule has 3 N–H and O–H groups in total. The summed E-state index contributed by atoms with van der Waals surface area (Å²) in [7, 11) is 0. The number of para-hydroxylation sites is 1. The Morgan fingerprint density at radius 3 is 2.44 bits per heavy atom. The van der Waals surface area contributed by atoms with E-state index < -0.39 is 17.8 Å². The van der Waals surface area contributed by atoms with Gasteiger partial charge in [0.05, 0.1) is 27.6 Å². The fourth-order valence-electron chi connectivity index (χ4n) is 3.89. The first kappa shape index (κ1) is 26.5. The number of fused-ring (bicyclic) bond motifs is 1. The van der Waals surface area contributed by atoms with Crippen molar-refractivity contribution in [3.63, 3.8) is 0 Å². The van der Waals surface area contributed by atoms with Gasteiger partial charge in [-0.1, -0.05) is 54.1 Å². The lowest BCUT2D eigenvalue weighted by atomic mass is 10.1. The zero-order chi connectivity index (χ0) is 27.6. The van der Waals surface area contributed by atoms with Gasteiger partial charge in [0, 0.05) is 28.9 Å². The molecule has 2 aromatic heterocycles. The number of carbonyl (C=O) groups excluding carboxylic acids is 1. The Morgan fingerprint density at radius 2 is 1.69 bits per heavy atom. The van der Waals surface area contributed by atoms with Crippen molar-refractivity contribution in [2.24, 2.45) is 0 Å². The van der Waals surface area contributed by atoms with E-state index in [0.29, 0.717) is 34.4 Å². The number of nitrogens with one attached hydrogen (secondary N) is 3. The van der Waals surface area contributed by atoms with Crippen LogP contribution in [-0.4, -0.2) is 20.6 Å². The predicted octanol–water partition coefficient (Wildman–Crippen LogP) is 8.09. The van der Waals surface area contributed by atoms with Crippen LogP contribution in [0.4, 0.5) is 35.2 Å². The van der Waals surface area contributed by atoms with E-state index in [1.807, 2.05) is 24.3 Å². The van der Waals surface area contributed by atoms with Crippen LogP contribution in [0.5, 0.6) is 0 Å². The Labute approximate surface area is 234 Å². The van der Waals surface area contributed by atoms with E-state index in [2.05, 4.69) is 37.0 Å². The molecule has 198 valence electrons. The highest BCUT2D eigenvalue weighted by Crippen LogP contribution is 2.35. The van der Waals surface area contributed by atoms with E-state index in [9.17, 15) is 18.0 Å². The predicted molar refractivity (Wildman–Crippen MR) is 149 cm³/mol. The maximum Gasteiger partial charge on any atom is 0.418 e. The second-order valence-corrected chi connectivity index (χ2v) is 9.67. The summed E-state index contributed by atoms with van der Waals surface area (Å²) >= 11 is 9.88. The van der Waals surface area contributed by atoms with Gasteiger partial charge in [-0.05, 0) is 51.8 Å². The average molecular weight is 616 g/mol. The number of benzene rings is 3. The minimum absolute atomic E-state index is 0.326. The van der Waals surface area contributed by atoms with E-state index >= 15 is 0 Å². The molecule has 3 aromatic carbocycles. The smallest absolute Gasteiger partial charge is 0.366 e. The maximum absolute atomic E-state index is 13.2. The van der Waals surface area contributed by atoms with E-state index in [4.69, 9.17) is 16.6 Å². The fourth-order valence-corrected chi connectivity index (χ4v) is 4.47. The maximum atomic E-state index is 13.2. The molecule has 0 atom stereocenters. The molecule has 0 aliphatic rings. The lowest BCUT2D eigenvalue weighted by Gasteiger charge is -2.14. The molecule has 2 heterocycles. The van der Waals surface area contributed by atoms with Crippen molar-refractivity contribution >= 4 is 56.4 Å². The van der Waals surface area contributed by atoms with Crippen LogP contribution in [0.15, 0.2) is 89.5 Å². The van der Waals surface area contributed by atoms with Crippen LogP contribution in [-0.2, 0) is 12.7 Å². The molecule has 0 saturated carbocycles. The van der Waals surface area contributed by atoms with Crippen LogP contribution in [0, 0.1) is 0 Å². The number of anilines is 3. The Morgan fingerprint density at radius 1 is 0.974 bits per heavy atom. The number of rotatable bonds is 6. The second-order valence-electron chi connectivity index (χ2n) is 8.41. The molecule has 7 nitrogen and oxygen atoms in total. The summed E-state index contributed by atoms with van der Waals surface area (Å²) in [4.78, 5) is 17.0. The van der Waals surface area contributed by atoms with Crippen molar-refractivity contribution in [2.45, 2.75) is 12.7 Å². The SMILES string of the molecule is O=C(Nc1ccc(CNc2cc(-c3ccccc3Cl)nc3c(Br)cnn23)cc1)Nc1ccccc1C(F)(F)F. The lowest BCUT2D eigenvalue weighted by molar-refractivity contribution is -0.136. The van der Waals surface area contributed by atoms with Gasteiger partial charge in [-0.3, -0.25) is 0 Å². The quantitative estimate of drug-likeness (QED) is 0.180. The minimum atomic E-state index is -4.58. The van der Waals surface area contributed by atoms with Crippen molar-refractivity contribution < 1.29 is 18.0 Å². The lowest BCUT2D eigenvalue weighted by Crippen LogP contribution is -2.21. The molecule has 5 rings (SSSR count). The van der Waals surface area contributed by atoms with E-state index in [0.717, 1.165) is 21.7 Å². The van der Waals surface area contributed by atoms with Crippen LogP contribution in [0.3, 0.4) is 0 Å². The summed E-state index contributed by atoms with van der Waals surface area (Å²) < 4.78 is 42.0. The standard InChI is InChI=1S/C27H19BrClF3N6O/c28-20-15-34-38-24(13-23(36-25(20)38)18-5-1-3-7-21(18)29)33-14-16-9-11-17(12-10-16)35-26(39)37-22-8-4-2-6-19(22)27(30,31)32/h1-13,15,33H,14H2,(H2,35,37,39). The van der Waals surface area contributed by atoms with Gasteiger partial charge in [0.2, 0.25) is 0 Å². The average Bonchev–Trinajstić information content (AvgIpc) is 3.28. The molecule has 0 unspecified atom stereocenters. The van der Waals surface area contributed by atoms with Crippen molar-refractivity contribution in [2.75, 3.05) is 16.0 Å². The first-order valence-corrected chi connectivity index (χ1v) is 12.7. The van der Waals surface area contributed by atoms with Crippen molar-refractivity contribution in [1.29, 1.82) is 0 Å². The van der Waals surface area contributed by atoms with Crippen LogP contribution >= 0.6 is 27.5 Å². The number of urea groups is 1. The molecule has 0 spiro atoms. The molecular formula is C27H19BrClF3N6O. The van der Waals surface area contributed by atoms with Crippen LogP contribution in [0.2, 0.25) is 5.02 Å². The van der Waals surface area contributed by atoms with Gasteiger partial charge in [-0.15, -0.1) is 0 Å². The number of amides is 2. The molecule has 0 radical (unpaired) electrons. The van der Waals surface area contributed by atoms with Gasteiger partial charge in [0.15, 0.2) is 5.65 Å². The first-order valence-electron chi connectivity index (χ1n) is 11.6. The molecule has 0 fully saturated rings. The first-order chi connectivity index (χ1) is 18.7. The van der Waals surface area contributed by atoms with Crippen LogP contribution in [0.1, 0.15) is 11.1 Å². The zero-order valence-corrected chi connectivity index (χ0v) is 22.3. The Balaban J connectivity index is 1.28. The largest absolute Gasteiger partial charge is 0.418 e. The van der Waals surface area contributed by atoms with Crippen molar-refractivity contribution in [3.05, 3.63) is 106 Å². The fraction of sp³-hybridized carbons (Fsp3) is 0.0741. The highest BCUT2D eigenvalue weighted by atomic mass is 79.9. The van der Waals surface area contributed by atoms with Gasteiger partial charge >= 0.3 is 12.2 Å². The highest BCUT2D eigenvalue weighted by Gasteiger charge is 2.33. The number of hydrogen-bond acceptors (Lipinski definition) is 4. The molecule has 12 heteroatoms. The third kappa shape index (κ3) is 5.99. The molecule has 5 aromatic rings. The van der Waals surface area contributed by atoms with Gasteiger partial charge in [0.1, 0.15) is 5.82 Å². The third-order valence-corrected chi connectivity index (χ3v) is 6.63. The zero-order valence-electron chi connectivity index (χ0n) is 19.9. The van der Waals surface area contributed by atoms with Gasteiger partial charge < -0.3 is 16.0 Å². The summed E-state index contributed by atoms with van der Waals surface area (Å²) in [6.45, 7) is 0.421. The number of halogens is 5. The number of hydrogen-bond donors (Lipinski definition) is 3. The van der Waals surface area contributed by atoms with Crippen LogP contribution in [0.25, 0.3) is 16.9 Å². The Bertz CT molecular complexity index is 1660. The highest BCUT2D eigenvalue weighted by molar-refractivity contribution is 9.10. The van der Waals surface area contributed by atoms with Crippen molar-refractivity contribution in [3.8, 4) is 11.3 Å². The molecule has 0 aliphatic heterocycles. The summed E-state index contributed by atoms with van der Waals surface area (Å²) in [5, 5.41) is 13.1. The summed E-state index contributed by atoms with van der Waals surface area (Å²) in [6.07, 6.45) is -2.93. The molecule has 2 amide bonds. The number of alkyl halides is 3. The Hall–Kier alpha value is -4.09. The number of aromatic nitrogens is 3. The molecular weight excluding hydrogens is 597 g/mol. The molecule has 0 bridgehead atoms. The van der Waals surface area contributed by atoms with Gasteiger partial charge in [-0.2, -0.15) is 22.8 Å². The monoisotopic (exact) mass is 614 g/mol. The minimum Gasteiger partial charge on any atom is -0.366 e. The van der Waals surface area contributed by atoms with Gasteiger partial charge in [0.25, 0.3) is 0 Å². The van der Waals surface area contributed by atoms with E-state index in [1.54, 1.807) is 41.0 Å². The Kier molecular flexibility index (Phi) is 7.45. The summed E-state index contributed by atoms with van der Waals surface area (Å²) in [5.41, 5.74) is 2.14. The molecule has 39 heavy (non-hydrogen) atoms. The topological polar surface area (TPSA) is 83.3 Å². The summed E-state index contributed by atoms with van der Waals surface area (Å²) in [6, 6.07) is 20.2. The third-order valence-electron chi connectivity index (χ3n) is 5.74. The van der Waals surface area contributed by atoms with Crippen LogP contribution < -0.4 is 16.0 Å². The normalized spacial score (nSPS) is 11.4. The van der Waals surface area contributed by atoms with E-state index in [1.165, 1.54) is 18.2 Å². The molecule has 0 aliphatic carbocycles. The van der Waals surface area contributed by atoms with Crippen molar-refractivity contribution in [1.82, 2.24) is 14.6 Å². The second kappa shape index (κ2) is 11.0. The number of nitrogens with zero attached hydrogens (tertiary/aromatic N) is 3. The van der Waals surface area contributed by atoms with Gasteiger partial charge in [-0.25, -0.2) is 9.78 Å². The molecule has 0 saturated heterocycles. The number of carbonyl (C=O) groups is 1.